The van der Waals surface area contributed by atoms with Crippen LogP contribution in [0, 0.1) is 12.7 Å². The van der Waals surface area contributed by atoms with E-state index in [2.05, 4.69) is 0 Å². The Labute approximate surface area is 118 Å². The normalized spacial score (nSPS) is 22.9. The number of hydrogen-bond donors (Lipinski definition) is 1. The van der Waals surface area contributed by atoms with Gasteiger partial charge in [-0.1, -0.05) is 0 Å². The minimum Gasteiger partial charge on any atom is -0.398 e. The highest BCUT2D eigenvalue weighted by Crippen LogP contribution is 2.26. The van der Waals surface area contributed by atoms with E-state index in [0.717, 1.165) is 12.8 Å². The highest BCUT2D eigenvalue weighted by atomic mass is 19.1. The summed E-state index contributed by atoms with van der Waals surface area (Å²) in [7, 11) is 1.65. The van der Waals surface area contributed by atoms with E-state index in [4.69, 9.17) is 10.5 Å². The second-order valence-corrected chi connectivity index (χ2v) is 5.66. The van der Waals surface area contributed by atoms with Crippen molar-refractivity contribution in [2.75, 3.05) is 25.9 Å². The van der Waals surface area contributed by atoms with Gasteiger partial charge in [-0.2, -0.15) is 0 Å². The molecular weight excluding hydrogens is 259 g/mol. The lowest BCUT2D eigenvalue weighted by molar-refractivity contribution is -0.0440. The third kappa shape index (κ3) is 2.77. The van der Waals surface area contributed by atoms with Gasteiger partial charge in [0.1, 0.15) is 5.82 Å². The summed E-state index contributed by atoms with van der Waals surface area (Å²) in [6, 6.07) is 2.80. The van der Waals surface area contributed by atoms with Crippen LogP contribution in [0.5, 0.6) is 0 Å². The quantitative estimate of drug-likeness (QED) is 0.846. The van der Waals surface area contributed by atoms with E-state index in [1.165, 1.54) is 6.07 Å². The lowest BCUT2D eigenvalue weighted by Gasteiger charge is -2.39. The highest BCUT2D eigenvalue weighted by Gasteiger charge is 2.33. The van der Waals surface area contributed by atoms with E-state index in [0.29, 0.717) is 29.9 Å². The van der Waals surface area contributed by atoms with E-state index >= 15 is 0 Å². The van der Waals surface area contributed by atoms with Crippen molar-refractivity contribution in [2.24, 2.45) is 0 Å². The van der Waals surface area contributed by atoms with Crippen LogP contribution in [0.15, 0.2) is 12.1 Å². The van der Waals surface area contributed by atoms with Gasteiger partial charge in [-0.25, -0.2) is 4.39 Å². The predicted molar refractivity (Wildman–Crippen MR) is 76.1 cm³/mol. The predicted octanol–water partition coefficient (Wildman–Crippen LogP) is 2.36. The number of piperidine rings is 1. The summed E-state index contributed by atoms with van der Waals surface area (Å²) in [5, 5.41) is 0. The van der Waals surface area contributed by atoms with Crippen molar-refractivity contribution in [2.45, 2.75) is 32.3 Å². The van der Waals surface area contributed by atoms with Crippen LogP contribution in [0.25, 0.3) is 0 Å². The topological polar surface area (TPSA) is 55.6 Å². The number of nitrogens with two attached hydrogens (primary N) is 1. The molecule has 1 aromatic carbocycles. The van der Waals surface area contributed by atoms with Gasteiger partial charge < -0.3 is 15.4 Å². The van der Waals surface area contributed by atoms with Gasteiger partial charge in [0, 0.05) is 37.0 Å². The molecule has 5 heteroatoms. The Morgan fingerprint density at radius 2 is 2.20 bits per heavy atom. The minimum absolute atomic E-state index is 0.196. The first-order valence-electron chi connectivity index (χ1n) is 6.76. The molecule has 1 fully saturated rings. The molecule has 1 atom stereocenters. The fraction of sp³-hybridized carbons (Fsp3) is 0.533. The van der Waals surface area contributed by atoms with E-state index in [1.807, 2.05) is 6.92 Å². The first-order chi connectivity index (χ1) is 9.36. The van der Waals surface area contributed by atoms with Crippen LogP contribution >= 0.6 is 0 Å². The number of rotatable bonds is 2. The molecular formula is C15H21FN2O2. The SMILES string of the molecule is COC1(C)CCCN(C(=O)c2cc(N)c(C)c(F)c2)C1. The van der Waals surface area contributed by atoms with Crippen molar-refractivity contribution in [3.05, 3.63) is 29.1 Å². The molecule has 2 rings (SSSR count). The second kappa shape index (κ2) is 5.40. The molecule has 1 saturated heterocycles. The lowest BCUT2D eigenvalue weighted by atomic mass is 9.94. The van der Waals surface area contributed by atoms with Crippen LogP contribution in [0.2, 0.25) is 0 Å². The van der Waals surface area contributed by atoms with Gasteiger partial charge in [-0.3, -0.25) is 4.79 Å². The molecule has 1 unspecified atom stereocenters. The second-order valence-electron chi connectivity index (χ2n) is 5.66. The van der Waals surface area contributed by atoms with E-state index < -0.39 is 5.82 Å². The minimum atomic E-state index is -0.445. The number of anilines is 1. The van der Waals surface area contributed by atoms with E-state index in [1.54, 1.807) is 25.0 Å². The smallest absolute Gasteiger partial charge is 0.254 e. The molecule has 0 saturated carbocycles. The van der Waals surface area contributed by atoms with Crippen LogP contribution in [-0.2, 0) is 4.74 Å². The molecule has 1 amide bonds. The van der Waals surface area contributed by atoms with Crippen molar-refractivity contribution in [3.63, 3.8) is 0 Å². The Bertz CT molecular complexity index is 510. The Morgan fingerprint density at radius 3 is 2.80 bits per heavy atom. The summed E-state index contributed by atoms with van der Waals surface area (Å²) in [6.07, 6.45) is 1.79. The van der Waals surface area contributed by atoms with E-state index in [-0.39, 0.29) is 11.5 Å². The zero-order chi connectivity index (χ0) is 14.9. The molecule has 1 heterocycles. The Balaban J connectivity index is 2.23. The van der Waals surface area contributed by atoms with Gasteiger partial charge in [-0.15, -0.1) is 0 Å². The van der Waals surface area contributed by atoms with Crippen LogP contribution in [0.3, 0.4) is 0 Å². The number of nitrogen functional groups attached to an aromatic ring is 1. The van der Waals surface area contributed by atoms with Crippen molar-refractivity contribution in [3.8, 4) is 0 Å². The Kier molecular flexibility index (Phi) is 3.99. The monoisotopic (exact) mass is 280 g/mol. The molecule has 1 aliphatic rings. The maximum atomic E-state index is 13.7. The summed E-state index contributed by atoms with van der Waals surface area (Å²) in [5.41, 5.74) is 6.38. The third-order valence-electron chi connectivity index (χ3n) is 4.07. The summed E-state index contributed by atoms with van der Waals surface area (Å²) in [5.74, 6) is -0.640. The summed E-state index contributed by atoms with van der Waals surface area (Å²) in [6.45, 7) is 4.75. The standard InChI is InChI=1S/C15H21FN2O2/c1-10-12(16)7-11(8-13(10)17)14(19)18-6-4-5-15(2,9-18)20-3/h7-8H,4-6,9,17H2,1-3H3. The number of nitrogens with zero attached hydrogens (tertiary/aromatic N) is 1. The molecule has 0 aliphatic carbocycles. The van der Waals surface area contributed by atoms with Gasteiger partial charge in [0.15, 0.2) is 0 Å². The van der Waals surface area contributed by atoms with Gasteiger partial charge in [0.05, 0.1) is 5.60 Å². The Morgan fingerprint density at radius 1 is 1.50 bits per heavy atom. The zero-order valence-electron chi connectivity index (χ0n) is 12.2. The Hall–Kier alpha value is -1.62. The van der Waals surface area contributed by atoms with Gasteiger partial charge in [0.2, 0.25) is 0 Å². The molecule has 2 N–H and O–H groups in total. The molecule has 1 aliphatic heterocycles. The average Bonchev–Trinajstić information content (AvgIpc) is 2.43. The van der Waals surface area contributed by atoms with Crippen LogP contribution in [-0.4, -0.2) is 36.6 Å². The number of likely N-dealkylation sites (tertiary alicyclic amines) is 1. The molecule has 0 bridgehead atoms. The van der Waals surface area contributed by atoms with Crippen LogP contribution < -0.4 is 5.73 Å². The fourth-order valence-corrected chi connectivity index (χ4v) is 2.55. The number of carbonyl (C=O) groups is 1. The van der Waals surface area contributed by atoms with Crippen molar-refractivity contribution >= 4 is 11.6 Å². The number of carbonyl (C=O) groups excluding carboxylic acids is 1. The van der Waals surface area contributed by atoms with Crippen LogP contribution in [0.1, 0.15) is 35.7 Å². The van der Waals surface area contributed by atoms with Crippen molar-refractivity contribution < 1.29 is 13.9 Å². The summed E-state index contributed by atoms with van der Waals surface area (Å²) < 4.78 is 19.2. The fourth-order valence-electron chi connectivity index (χ4n) is 2.55. The average molecular weight is 280 g/mol. The summed E-state index contributed by atoms with van der Waals surface area (Å²) in [4.78, 5) is 14.2. The van der Waals surface area contributed by atoms with Crippen molar-refractivity contribution in [1.29, 1.82) is 0 Å². The number of ether oxygens (including phenoxy) is 1. The van der Waals surface area contributed by atoms with E-state index in [9.17, 15) is 9.18 Å². The first kappa shape index (κ1) is 14.8. The highest BCUT2D eigenvalue weighted by molar-refractivity contribution is 5.95. The number of hydrogen-bond acceptors (Lipinski definition) is 3. The van der Waals surface area contributed by atoms with Crippen molar-refractivity contribution in [1.82, 2.24) is 4.90 Å². The van der Waals surface area contributed by atoms with Gasteiger partial charge >= 0.3 is 0 Å². The van der Waals surface area contributed by atoms with Gasteiger partial charge in [-0.05, 0) is 38.8 Å². The molecule has 4 nitrogen and oxygen atoms in total. The molecule has 0 radical (unpaired) electrons. The number of halogens is 1. The summed E-state index contributed by atoms with van der Waals surface area (Å²) >= 11 is 0. The molecule has 110 valence electrons. The number of amides is 1. The maximum absolute atomic E-state index is 13.7. The van der Waals surface area contributed by atoms with Gasteiger partial charge in [0.25, 0.3) is 5.91 Å². The number of benzene rings is 1. The zero-order valence-corrected chi connectivity index (χ0v) is 12.2. The number of methoxy groups -OCH3 is 1. The first-order valence-corrected chi connectivity index (χ1v) is 6.76. The molecule has 1 aromatic rings. The molecule has 20 heavy (non-hydrogen) atoms. The largest absolute Gasteiger partial charge is 0.398 e. The third-order valence-corrected chi connectivity index (χ3v) is 4.07. The maximum Gasteiger partial charge on any atom is 0.254 e. The lowest BCUT2D eigenvalue weighted by Crippen LogP contribution is -2.49. The van der Waals surface area contributed by atoms with Crippen LogP contribution in [0.4, 0.5) is 10.1 Å². The molecule has 0 spiro atoms. The molecule has 0 aromatic heterocycles.